The number of rotatable bonds is 9. The van der Waals surface area contributed by atoms with Gasteiger partial charge in [0, 0.05) is 23.2 Å². The first-order valence-corrected chi connectivity index (χ1v) is 13.5. The van der Waals surface area contributed by atoms with E-state index < -0.39 is 22.3 Å². The number of aromatic nitrogens is 2. The highest BCUT2D eigenvalue weighted by molar-refractivity contribution is 7.84. The molecule has 1 aromatic carbocycles. The van der Waals surface area contributed by atoms with Gasteiger partial charge in [0.25, 0.3) is 0 Å². The maximum Gasteiger partial charge on any atom is 0.333 e. The molecule has 1 fully saturated rings. The van der Waals surface area contributed by atoms with Crippen LogP contribution in [0.25, 0.3) is 0 Å². The molecule has 0 saturated heterocycles. The molecule has 1 aliphatic rings. The van der Waals surface area contributed by atoms with Crippen molar-refractivity contribution in [1.29, 1.82) is 5.26 Å². The van der Waals surface area contributed by atoms with Gasteiger partial charge < -0.3 is 10.4 Å². The van der Waals surface area contributed by atoms with E-state index in [4.69, 9.17) is 16.7 Å². The zero-order valence-electron chi connectivity index (χ0n) is 18.8. The average Bonchev–Trinajstić information content (AvgIpc) is 3.39. The second-order valence-electron chi connectivity index (χ2n) is 8.42. The van der Waals surface area contributed by atoms with Crippen LogP contribution in [0.5, 0.6) is 0 Å². The highest BCUT2D eigenvalue weighted by atomic mass is 35.5. The molecule has 0 spiro atoms. The van der Waals surface area contributed by atoms with Crippen LogP contribution < -0.4 is 10.5 Å². The lowest BCUT2D eigenvalue weighted by Crippen LogP contribution is -2.24. The minimum Gasteiger partial charge on any atom is -0.393 e. The van der Waals surface area contributed by atoms with Crippen molar-refractivity contribution in [2.24, 2.45) is 11.1 Å². The van der Waals surface area contributed by atoms with Crippen LogP contribution in [-0.4, -0.2) is 48.0 Å². The van der Waals surface area contributed by atoms with Crippen molar-refractivity contribution in [3.05, 3.63) is 74.3 Å². The number of benzene rings is 1. The van der Waals surface area contributed by atoms with Crippen LogP contribution in [0.15, 0.2) is 42.9 Å². The summed E-state index contributed by atoms with van der Waals surface area (Å²) in [4.78, 5) is 22.4. The summed E-state index contributed by atoms with van der Waals surface area (Å²) >= 11 is 7.17. The number of thiophene rings is 1. The molecule has 13 heteroatoms. The van der Waals surface area contributed by atoms with Crippen LogP contribution in [0.2, 0.25) is 5.02 Å². The van der Waals surface area contributed by atoms with Gasteiger partial charge in [0.1, 0.15) is 23.1 Å². The number of hydrogen-bond donors (Lipinski definition) is 3. The number of anilines is 1. The van der Waals surface area contributed by atoms with E-state index in [1.54, 1.807) is 12.1 Å². The van der Waals surface area contributed by atoms with E-state index in [2.05, 4.69) is 25.5 Å². The smallest absolute Gasteiger partial charge is 0.333 e. The number of nitrogens with one attached hydrogen (secondary N) is 1. The number of carbonyl (C=O) groups is 1. The number of carbonyl (C=O) groups excluding carboxylic acids is 1. The van der Waals surface area contributed by atoms with Crippen molar-refractivity contribution in [2.45, 2.75) is 31.4 Å². The van der Waals surface area contributed by atoms with Gasteiger partial charge in [-0.15, -0.1) is 11.3 Å². The fourth-order valence-corrected chi connectivity index (χ4v) is 5.66. The van der Waals surface area contributed by atoms with Gasteiger partial charge in [-0.3, -0.25) is 8.98 Å². The van der Waals surface area contributed by atoms with Gasteiger partial charge >= 0.3 is 10.3 Å². The predicted octanol–water partition coefficient (Wildman–Crippen LogP) is 2.66. The maximum atomic E-state index is 13.4. The SMILES string of the molecule is N#Cc1sc(C(=O)c2cncnc2NC2C[C@H](COS(N)(=O)=O)[C@@H](O)C2)cc1Cc1cccc(Cl)c1. The molecule has 1 saturated carbocycles. The number of nitriles is 1. The molecule has 1 unspecified atom stereocenters. The maximum absolute atomic E-state index is 13.4. The first kappa shape index (κ1) is 26.2. The van der Waals surface area contributed by atoms with Crippen LogP contribution in [0, 0.1) is 17.2 Å². The van der Waals surface area contributed by atoms with Crippen molar-refractivity contribution in [1.82, 2.24) is 9.97 Å². The van der Waals surface area contributed by atoms with Crippen LogP contribution in [0.3, 0.4) is 0 Å². The third-order valence-electron chi connectivity index (χ3n) is 5.82. The van der Waals surface area contributed by atoms with E-state index in [0.717, 1.165) is 22.5 Å². The highest BCUT2D eigenvalue weighted by Crippen LogP contribution is 2.31. The number of nitrogens with two attached hydrogens (primary N) is 1. The van der Waals surface area contributed by atoms with Gasteiger partial charge in [-0.2, -0.15) is 13.7 Å². The number of ketones is 1. The molecule has 0 aliphatic heterocycles. The second kappa shape index (κ2) is 11.0. The summed E-state index contributed by atoms with van der Waals surface area (Å²) in [7, 11) is -4.11. The van der Waals surface area contributed by atoms with Crippen molar-refractivity contribution in [3.63, 3.8) is 0 Å². The molecular weight excluding hydrogens is 526 g/mol. The van der Waals surface area contributed by atoms with Crippen LogP contribution >= 0.6 is 22.9 Å². The molecular formula is C23H22ClN5O5S2. The number of hydrogen-bond acceptors (Lipinski definition) is 10. The number of aliphatic hydroxyl groups is 1. The molecule has 0 radical (unpaired) electrons. The Kier molecular flexibility index (Phi) is 7.99. The molecule has 188 valence electrons. The Balaban J connectivity index is 1.51. The molecule has 4 N–H and O–H groups in total. The number of aliphatic hydroxyl groups excluding tert-OH is 1. The summed E-state index contributed by atoms with van der Waals surface area (Å²) in [5.41, 5.74) is 1.86. The van der Waals surface area contributed by atoms with Gasteiger partial charge in [-0.05, 0) is 48.6 Å². The van der Waals surface area contributed by atoms with Crippen molar-refractivity contribution < 1.29 is 22.5 Å². The van der Waals surface area contributed by atoms with E-state index in [1.165, 1.54) is 12.5 Å². The first-order chi connectivity index (χ1) is 17.1. The molecule has 10 nitrogen and oxygen atoms in total. The lowest BCUT2D eigenvalue weighted by atomic mass is 10.0. The van der Waals surface area contributed by atoms with Gasteiger partial charge in [0.2, 0.25) is 5.78 Å². The van der Waals surface area contributed by atoms with Crippen LogP contribution in [0.1, 0.15) is 44.1 Å². The fraction of sp³-hybridized carbons (Fsp3) is 0.304. The van der Waals surface area contributed by atoms with E-state index >= 15 is 0 Å². The number of halogens is 1. The highest BCUT2D eigenvalue weighted by Gasteiger charge is 2.35. The lowest BCUT2D eigenvalue weighted by Gasteiger charge is -2.15. The monoisotopic (exact) mass is 547 g/mol. The van der Waals surface area contributed by atoms with E-state index in [0.29, 0.717) is 34.0 Å². The van der Waals surface area contributed by atoms with Crippen LogP contribution in [-0.2, 0) is 20.9 Å². The summed E-state index contributed by atoms with van der Waals surface area (Å²) in [5.74, 6) is -0.514. The van der Waals surface area contributed by atoms with E-state index in [9.17, 15) is 23.6 Å². The van der Waals surface area contributed by atoms with Crippen molar-refractivity contribution >= 4 is 44.8 Å². The Labute approximate surface area is 217 Å². The molecule has 3 aromatic rings. The standard InChI is InChI=1S/C23H22ClN5O5S2/c24-16-3-1-2-13(5-16)4-14-7-20(35-21(14)9-25)22(31)18-10-27-12-28-23(18)29-17-6-15(19(30)8-17)11-34-36(26,32)33/h1-3,5,7,10,12,15,17,19,30H,4,6,8,11H2,(H2,26,32,33)(H,27,28,29)/t15-,17?,19+/m1/s1. The Hall–Kier alpha value is -2.92. The van der Waals surface area contributed by atoms with Gasteiger partial charge in [0.05, 0.1) is 23.2 Å². The second-order valence-corrected chi connectivity index (χ2v) is 11.1. The quantitative estimate of drug-likeness (QED) is 0.341. The number of nitrogens with zero attached hydrogens (tertiary/aromatic N) is 3. The first-order valence-electron chi connectivity index (χ1n) is 10.9. The molecule has 36 heavy (non-hydrogen) atoms. The van der Waals surface area contributed by atoms with Gasteiger partial charge in [0.15, 0.2) is 0 Å². The lowest BCUT2D eigenvalue weighted by molar-refractivity contribution is 0.101. The Bertz CT molecular complexity index is 1420. The molecule has 1 aliphatic carbocycles. The van der Waals surface area contributed by atoms with Crippen molar-refractivity contribution in [3.8, 4) is 6.07 Å². The summed E-state index contributed by atoms with van der Waals surface area (Å²) in [6.45, 7) is -0.241. The largest absolute Gasteiger partial charge is 0.393 e. The summed E-state index contributed by atoms with van der Waals surface area (Å²) in [6.07, 6.45) is 3.02. The molecule has 3 atom stereocenters. The average molecular weight is 548 g/mol. The summed E-state index contributed by atoms with van der Waals surface area (Å²) in [5, 5.41) is 28.5. The topological polar surface area (TPSA) is 168 Å². The third-order valence-corrected chi connectivity index (χ3v) is 7.60. The van der Waals surface area contributed by atoms with E-state index in [-0.39, 0.29) is 29.8 Å². The van der Waals surface area contributed by atoms with Crippen LogP contribution in [0.4, 0.5) is 5.82 Å². The van der Waals surface area contributed by atoms with Crippen molar-refractivity contribution in [2.75, 3.05) is 11.9 Å². The van der Waals surface area contributed by atoms with Gasteiger partial charge in [-0.25, -0.2) is 15.1 Å². The summed E-state index contributed by atoms with van der Waals surface area (Å²) < 4.78 is 26.8. The molecule has 0 bridgehead atoms. The predicted molar refractivity (Wildman–Crippen MR) is 134 cm³/mol. The molecule has 2 aromatic heterocycles. The molecule has 0 amide bonds. The normalized spacial score (nSPS) is 19.7. The zero-order valence-corrected chi connectivity index (χ0v) is 21.2. The minimum atomic E-state index is -4.11. The molecule has 2 heterocycles. The Morgan fingerprint density at radius 2 is 2.17 bits per heavy atom. The van der Waals surface area contributed by atoms with Gasteiger partial charge in [-0.1, -0.05) is 23.7 Å². The van der Waals surface area contributed by atoms with E-state index in [1.807, 2.05) is 18.2 Å². The zero-order chi connectivity index (χ0) is 25.9. The minimum absolute atomic E-state index is 0.219. The third kappa shape index (κ3) is 6.44. The fourth-order valence-electron chi connectivity index (χ4n) is 4.15. The summed E-state index contributed by atoms with van der Waals surface area (Å²) in [6, 6.07) is 10.9. The Morgan fingerprint density at radius 3 is 2.89 bits per heavy atom. The molecule has 4 rings (SSSR count). The Morgan fingerprint density at radius 1 is 1.36 bits per heavy atom.